The molecule has 0 aliphatic heterocycles. The molecule has 0 fully saturated rings. The molecule has 1 heterocycles. The van der Waals surface area contributed by atoms with Gasteiger partial charge in [-0.2, -0.15) is 8.42 Å². The van der Waals surface area contributed by atoms with E-state index >= 15 is 0 Å². The summed E-state index contributed by atoms with van der Waals surface area (Å²) < 4.78 is 29.2. The summed E-state index contributed by atoms with van der Waals surface area (Å²) in [5, 5.41) is 0.203. The molecule has 1 aromatic heterocycles. The number of benzene rings is 1. The molecule has 0 aliphatic carbocycles. The Morgan fingerprint density at radius 3 is 2.41 bits per heavy atom. The van der Waals surface area contributed by atoms with Gasteiger partial charge in [0.2, 0.25) is 0 Å². The Labute approximate surface area is 134 Å². The fraction of sp³-hybridized carbons (Fsp3) is 0.200. The third-order valence-corrected chi connectivity index (χ3v) is 4.34. The van der Waals surface area contributed by atoms with Gasteiger partial charge in [0.15, 0.2) is 0 Å². The third-order valence-electron chi connectivity index (χ3n) is 2.88. The number of pyridine rings is 1. The summed E-state index contributed by atoms with van der Waals surface area (Å²) in [5.74, 6) is 0.305. The van der Waals surface area contributed by atoms with Crippen molar-refractivity contribution >= 4 is 27.5 Å². The zero-order valence-corrected chi connectivity index (χ0v) is 13.4. The van der Waals surface area contributed by atoms with E-state index in [4.69, 9.17) is 15.8 Å². The Kier molecular flexibility index (Phi) is 5.15. The third kappa shape index (κ3) is 4.54. The molecule has 0 amide bonds. The second-order valence-corrected chi connectivity index (χ2v) is 6.63. The molecule has 2 rings (SSSR count). The van der Waals surface area contributed by atoms with Crippen LogP contribution < -0.4 is 4.18 Å². The van der Waals surface area contributed by atoms with E-state index in [1.165, 1.54) is 19.1 Å². The number of carbonyl (C=O) groups excluding carboxylic acids is 1. The minimum atomic E-state index is -3.94. The molecule has 0 spiro atoms. The average Bonchev–Trinajstić information content (AvgIpc) is 2.46. The summed E-state index contributed by atoms with van der Waals surface area (Å²) in [7, 11) is -3.94. The second-order valence-electron chi connectivity index (χ2n) is 4.70. The Balaban J connectivity index is 2.09. The molecule has 1 aromatic carbocycles. The van der Waals surface area contributed by atoms with Crippen LogP contribution in [-0.2, 0) is 21.3 Å². The van der Waals surface area contributed by atoms with Gasteiger partial charge in [0.25, 0.3) is 0 Å². The SMILES string of the molecule is CC(=O)CCc1ccc(OS(=O)(=O)c2ccc(Cl)nc2)cc1. The van der Waals surface area contributed by atoms with Crippen LogP contribution in [0, 0.1) is 0 Å². The van der Waals surface area contributed by atoms with E-state index in [1.807, 2.05) is 0 Å². The van der Waals surface area contributed by atoms with Gasteiger partial charge in [-0.05, 0) is 43.2 Å². The lowest BCUT2D eigenvalue weighted by atomic mass is 10.1. The maximum atomic E-state index is 12.1. The molecule has 0 saturated heterocycles. The van der Waals surface area contributed by atoms with Crippen LogP contribution in [0.1, 0.15) is 18.9 Å². The van der Waals surface area contributed by atoms with Crippen molar-refractivity contribution in [3.8, 4) is 5.75 Å². The van der Waals surface area contributed by atoms with E-state index < -0.39 is 10.1 Å². The molecule has 0 saturated carbocycles. The quantitative estimate of drug-likeness (QED) is 0.597. The second kappa shape index (κ2) is 6.89. The average molecular weight is 340 g/mol. The predicted octanol–water partition coefficient (Wildman–Crippen LogP) is 3.02. The number of nitrogens with zero attached hydrogens (tertiary/aromatic N) is 1. The Morgan fingerprint density at radius 1 is 1.18 bits per heavy atom. The Morgan fingerprint density at radius 2 is 1.86 bits per heavy atom. The van der Waals surface area contributed by atoms with Gasteiger partial charge in [-0.1, -0.05) is 23.7 Å². The lowest BCUT2D eigenvalue weighted by Gasteiger charge is -2.07. The number of halogens is 1. The first kappa shape index (κ1) is 16.5. The first-order chi connectivity index (χ1) is 10.4. The van der Waals surface area contributed by atoms with E-state index in [2.05, 4.69) is 4.98 Å². The van der Waals surface area contributed by atoms with Crippen molar-refractivity contribution in [2.75, 3.05) is 0 Å². The van der Waals surface area contributed by atoms with Crippen LogP contribution in [0.15, 0.2) is 47.5 Å². The summed E-state index contributed by atoms with van der Waals surface area (Å²) in [6, 6.07) is 9.27. The van der Waals surface area contributed by atoms with Gasteiger partial charge in [0, 0.05) is 6.42 Å². The number of rotatable bonds is 6. The van der Waals surface area contributed by atoms with E-state index in [1.54, 1.807) is 24.3 Å². The van der Waals surface area contributed by atoms with Gasteiger partial charge in [0.1, 0.15) is 21.6 Å². The minimum absolute atomic E-state index is 0.0717. The van der Waals surface area contributed by atoms with Crippen molar-refractivity contribution in [3.63, 3.8) is 0 Å². The molecule has 116 valence electrons. The van der Waals surface area contributed by atoms with Crippen molar-refractivity contribution in [3.05, 3.63) is 53.3 Å². The smallest absolute Gasteiger partial charge is 0.340 e. The molecule has 0 N–H and O–H groups in total. The highest BCUT2D eigenvalue weighted by molar-refractivity contribution is 7.87. The standard InChI is InChI=1S/C15H14ClNO4S/c1-11(18)2-3-12-4-6-13(7-5-12)21-22(19,20)14-8-9-15(16)17-10-14/h4-10H,2-3H2,1H3. The van der Waals surface area contributed by atoms with Crippen LogP contribution in [0.2, 0.25) is 5.15 Å². The van der Waals surface area contributed by atoms with E-state index in [9.17, 15) is 13.2 Å². The molecule has 0 radical (unpaired) electrons. The van der Waals surface area contributed by atoms with Gasteiger partial charge in [-0.3, -0.25) is 0 Å². The molecule has 5 nitrogen and oxygen atoms in total. The number of hydrogen-bond donors (Lipinski definition) is 0. The summed E-state index contributed by atoms with van der Waals surface area (Å²) in [6.07, 6.45) is 2.21. The van der Waals surface area contributed by atoms with Crippen molar-refractivity contribution in [1.29, 1.82) is 0 Å². The summed E-state index contributed by atoms with van der Waals surface area (Å²) in [5.41, 5.74) is 0.938. The highest BCUT2D eigenvalue weighted by Crippen LogP contribution is 2.20. The maximum Gasteiger partial charge on any atom is 0.340 e. The monoisotopic (exact) mass is 339 g/mol. The van der Waals surface area contributed by atoms with E-state index in [0.29, 0.717) is 12.8 Å². The Hall–Kier alpha value is -1.92. The van der Waals surface area contributed by atoms with Gasteiger partial charge in [-0.25, -0.2) is 4.98 Å². The van der Waals surface area contributed by atoms with Gasteiger partial charge >= 0.3 is 10.1 Å². The number of hydrogen-bond acceptors (Lipinski definition) is 5. The van der Waals surface area contributed by atoms with Gasteiger partial charge in [0.05, 0.1) is 6.20 Å². The molecule has 0 aliphatic rings. The molecule has 7 heteroatoms. The van der Waals surface area contributed by atoms with Gasteiger partial charge < -0.3 is 8.98 Å². The minimum Gasteiger partial charge on any atom is -0.379 e. The highest BCUT2D eigenvalue weighted by Gasteiger charge is 2.17. The van der Waals surface area contributed by atoms with Crippen molar-refractivity contribution in [2.24, 2.45) is 0 Å². The molecule has 22 heavy (non-hydrogen) atoms. The molecule has 2 aromatic rings. The summed E-state index contributed by atoms with van der Waals surface area (Å²) in [6.45, 7) is 1.53. The first-order valence-corrected chi connectivity index (χ1v) is 8.30. The van der Waals surface area contributed by atoms with Crippen molar-refractivity contribution in [2.45, 2.75) is 24.7 Å². The molecular formula is C15H14ClNO4S. The fourth-order valence-corrected chi connectivity index (χ4v) is 2.71. The van der Waals surface area contributed by atoms with E-state index in [0.717, 1.165) is 11.8 Å². The number of aromatic nitrogens is 1. The van der Waals surface area contributed by atoms with Crippen molar-refractivity contribution in [1.82, 2.24) is 4.98 Å². The zero-order chi connectivity index (χ0) is 16.2. The molecular weight excluding hydrogens is 326 g/mol. The lowest BCUT2D eigenvalue weighted by molar-refractivity contribution is -0.116. The van der Waals surface area contributed by atoms with Crippen LogP contribution >= 0.6 is 11.6 Å². The lowest BCUT2D eigenvalue weighted by Crippen LogP contribution is -2.10. The van der Waals surface area contributed by atoms with Gasteiger partial charge in [-0.15, -0.1) is 0 Å². The van der Waals surface area contributed by atoms with Crippen LogP contribution in [0.4, 0.5) is 0 Å². The maximum absolute atomic E-state index is 12.1. The number of Topliss-reactive ketones (excluding diaryl/α,β-unsaturated/α-hetero) is 1. The predicted molar refractivity (Wildman–Crippen MR) is 82.5 cm³/mol. The van der Waals surface area contributed by atoms with E-state index in [-0.39, 0.29) is 21.6 Å². The fourth-order valence-electron chi connectivity index (χ4n) is 1.72. The number of ketones is 1. The van der Waals surface area contributed by atoms with Crippen LogP contribution in [0.25, 0.3) is 0 Å². The summed E-state index contributed by atoms with van der Waals surface area (Å²) >= 11 is 5.62. The molecule has 0 atom stereocenters. The summed E-state index contributed by atoms with van der Waals surface area (Å²) in [4.78, 5) is 14.6. The normalized spacial score (nSPS) is 11.2. The Bertz CT molecular complexity index is 755. The highest BCUT2D eigenvalue weighted by atomic mass is 35.5. The van der Waals surface area contributed by atoms with Crippen LogP contribution in [-0.4, -0.2) is 19.2 Å². The van der Waals surface area contributed by atoms with Crippen LogP contribution in [0.3, 0.4) is 0 Å². The van der Waals surface area contributed by atoms with Crippen LogP contribution in [0.5, 0.6) is 5.75 Å². The largest absolute Gasteiger partial charge is 0.379 e. The zero-order valence-electron chi connectivity index (χ0n) is 11.8. The van der Waals surface area contributed by atoms with Crippen molar-refractivity contribution < 1.29 is 17.4 Å². The number of carbonyl (C=O) groups is 1. The molecule has 0 unspecified atom stereocenters. The first-order valence-electron chi connectivity index (χ1n) is 6.51. The topological polar surface area (TPSA) is 73.3 Å². The number of aryl methyl sites for hydroxylation is 1. The molecule has 0 bridgehead atoms.